The molecular formula is C12H13ClN2O2. The lowest BCUT2D eigenvalue weighted by Gasteiger charge is -2.21. The highest BCUT2D eigenvalue weighted by Gasteiger charge is 2.26. The highest BCUT2D eigenvalue weighted by molar-refractivity contribution is 6.36. The third-order valence-electron chi connectivity index (χ3n) is 3.39. The van der Waals surface area contributed by atoms with Crippen LogP contribution in [0, 0.1) is 0 Å². The van der Waals surface area contributed by atoms with Gasteiger partial charge in [0.25, 0.3) is 0 Å². The quantitative estimate of drug-likeness (QED) is 0.806. The molecule has 0 bridgehead atoms. The number of hydrogen-bond acceptors (Lipinski definition) is 4. The Morgan fingerprint density at radius 1 is 1.53 bits per heavy atom. The second-order valence-electron chi connectivity index (χ2n) is 4.44. The van der Waals surface area contributed by atoms with Gasteiger partial charge in [-0.3, -0.25) is 0 Å². The number of anilines is 1. The number of halogens is 1. The minimum absolute atomic E-state index is 0.194. The minimum Gasteiger partial charge on any atom is -0.439 e. The van der Waals surface area contributed by atoms with Crippen LogP contribution >= 0.6 is 11.6 Å². The van der Waals surface area contributed by atoms with Crippen molar-refractivity contribution in [2.75, 3.05) is 5.73 Å². The smallest absolute Gasteiger partial charge is 0.198 e. The molecule has 0 unspecified atom stereocenters. The number of nitrogens with zero attached hydrogens (tertiary/aromatic N) is 1. The van der Waals surface area contributed by atoms with E-state index >= 15 is 0 Å². The zero-order valence-electron chi connectivity index (χ0n) is 9.24. The second-order valence-corrected chi connectivity index (χ2v) is 4.82. The Labute approximate surface area is 103 Å². The molecular weight excluding hydrogens is 240 g/mol. The summed E-state index contributed by atoms with van der Waals surface area (Å²) in [5.74, 6) is 1.15. The lowest BCUT2D eigenvalue weighted by atomic mass is 9.85. The van der Waals surface area contributed by atoms with Crippen LogP contribution in [0.1, 0.15) is 36.6 Å². The minimum atomic E-state index is -0.194. The van der Waals surface area contributed by atoms with E-state index in [2.05, 4.69) is 4.98 Å². The standard InChI is InChI=1S/C12H13ClN2O2/c13-10-7(5-16)8(14)4-9-11(10)17-12(15-9)6-2-1-3-6/h4,6,16H,1-3,5,14H2. The molecule has 5 heteroatoms. The molecule has 0 radical (unpaired) electrons. The molecule has 4 nitrogen and oxygen atoms in total. The molecule has 0 spiro atoms. The van der Waals surface area contributed by atoms with Gasteiger partial charge in [0, 0.05) is 17.2 Å². The van der Waals surface area contributed by atoms with E-state index in [1.807, 2.05) is 0 Å². The van der Waals surface area contributed by atoms with Crippen molar-refractivity contribution in [3.8, 4) is 0 Å². The molecule has 1 aliphatic carbocycles. The number of hydrogen-bond donors (Lipinski definition) is 2. The van der Waals surface area contributed by atoms with Crippen molar-refractivity contribution in [1.29, 1.82) is 0 Å². The molecule has 0 atom stereocenters. The topological polar surface area (TPSA) is 72.3 Å². The highest BCUT2D eigenvalue weighted by atomic mass is 35.5. The normalized spacial score (nSPS) is 16.4. The third kappa shape index (κ3) is 1.59. The summed E-state index contributed by atoms with van der Waals surface area (Å²) < 4.78 is 5.69. The number of aromatic nitrogens is 1. The van der Waals surface area contributed by atoms with Crippen LogP contribution in [0.5, 0.6) is 0 Å². The van der Waals surface area contributed by atoms with Crippen molar-refractivity contribution >= 4 is 28.4 Å². The average Bonchev–Trinajstić information content (AvgIpc) is 2.59. The number of benzene rings is 1. The fraction of sp³-hybridized carbons (Fsp3) is 0.417. The monoisotopic (exact) mass is 252 g/mol. The molecule has 1 aromatic heterocycles. The van der Waals surface area contributed by atoms with Crippen LogP contribution in [-0.2, 0) is 6.61 Å². The second kappa shape index (κ2) is 3.89. The molecule has 0 saturated heterocycles. The van der Waals surface area contributed by atoms with Crippen LogP contribution in [0.25, 0.3) is 11.1 Å². The van der Waals surface area contributed by atoms with Gasteiger partial charge in [-0.1, -0.05) is 18.0 Å². The van der Waals surface area contributed by atoms with Gasteiger partial charge in [0.2, 0.25) is 0 Å². The van der Waals surface area contributed by atoms with Crippen molar-refractivity contribution in [1.82, 2.24) is 4.98 Å². The zero-order chi connectivity index (χ0) is 12.0. The van der Waals surface area contributed by atoms with Gasteiger partial charge >= 0.3 is 0 Å². The largest absolute Gasteiger partial charge is 0.439 e. The van der Waals surface area contributed by atoms with Crippen LogP contribution in [0.3, 0.4) is 0 Å². The first-order chi connectivity index (χ1) is 8.20. The Morgan fingerprint density at radius 3 is 2.88 bits per heavy atom. The maximum Gasteiger partial charge on any atom is 0.198 e. The summed E-state index contributed by atoms with van der Waals surface area (Å²) >= 11 is 6.15. The van der Waals surface area contributed by atoms with Crippen molar-refractivity contribution in [2.45, 2.75) is 31.8 Å². The van der Waals surface area contributed by atoms with Crippen LogP contribution in [0.4, 0.5) is 5.69 Å². The van der Waals surface area contributed by atoms with E-state index in [-0.39, 0.29) is 6.61 Å². The van der Waals surface area contributed by atoms with E-state index in [0.29, 0.717) is 33.3 Å². The van der Waals surface area contributed by atoms with Crippen molar-refractivity contribution < 1.29 is 9.52 Å². The van der Waals surface area contributed by atoms with Gasteiger partial charge in [-0.25, -0.2) is 4.98 Å². The van der Waals surface area contributed by atoms with Gasteiger partial charge in [-0.2, -0.15) is 0 Å². The average molecular weight is 253 g/mol. The third-order valence-corrected chi connectivity index (χ3v) is 3.79. The number of aliphatic hydroxyl groups is 1. The van der Waals surface area contributed by atoms with Crippen molar-refractivity contribution in [3.05, 3.63) is 22.5 Å². The zero-order valence-corrected chi connectivity index (χ0v) is 10.00. The van der Waals surface area contributed by atoms with Gasteiger partial charge in [0.15, 0.2) is 11.5 Å². The predicted octanol–water partition coefficient (Wildman–Crippen LogP) is 2.82. The first-order valence-corrected chi connectivity index (χ1v) is 6.06. The molecule has 2 aromatic rings. The number of nitrogen functional groups attached to an aromatic ring is 1. The van der Waals surface area contributed by atoms with Crippen LogP contribution < -0.4 is 5.73 Å². The fourth-order valence-electron chi connectivity index (χ4n) is 2.09. The molecule has 17 heavy (non-hydrogen) atoms. The van der Waals surface area contributed by atoms with Crippen LogP contribution in [-0.4, -0.2) is 10.1 Å². The van der Waals surface area contributed by atoms with Gasteiger partial charge in [0.05, 0.1) is 11.6 Å². The molecule has 0 amide bonds. The Morgan fingerprint density at radius 2 is 2.29 bits per heavy atom. The molecule has 0 aliphatic heterocycles. The molecule has 1 aromatic carbocycles. The lowest BCUT2D eigenvalue weighted by molar-refractivity contribution is 0.282. The lowest BCUT2D eigenvalue weighted by Crippen LogP contribution is -2.08. The van der Waals surface area contributed by atoms with Gasteiger partial charge in [-0.05, 0) is 18.9 Å². The van der Waals surface area contributed by atoms with Gasteiger partial charge < -0.3 is 15.3 Å². The van der Waals surface area contributed by atoms with Crippen molar-refractivity contribution in [3.63, 3.8) is 0 Å². The summed E-state index contributed by atoms with van der Waals surface area (Å²) in [4.78, 5) is 4.42. The number of fused-ring (bicyclic) bond motifs is 1. The van der Waals surface area contributed by atoms with E-state index in [0.717, 1.165) is 18.7 Å². The Hall–Kier alpha value is -1.26. The van der Waals surface area contributed by atoms with Gasteiger partial charge in [-0.15, -0.1) is 0 Å². The van der Waals surface area contributed by atoms with Crippen LogP contribution in [0.2, 0.25) is 5.02 Å². The van der Waals surface area contributed by atoms with E-state index in [9.17, 15) is 5.11 Å². The van der Waals surface area contributed by atoms with E-state index in [1.165, 1.54) is 6.42 Å². The van der Waals surface area contributed by atoms with E-state index in [4.69, 9.17) is 21.8 Å². The number of oxazole rings is 1. The fourth-order valence-corrected chi connectivity index (χ4v) is 2.40. The molecule has 90 valence electrons. The first-order valence-electron chi connectivity index (χ1n) is 5.69. The summed E-state index contributed by atoms with van der Waals surface area (Å²) in [6.45, 7) is -0.194. The summed E-state index contributed by atoms with van der Waals surface area (Å²) in [5.41, 5.74) is 7.98. The molecule has 1 aliphatic rings. The molecule has 1 saturated carbocycles. The Bertz CT molecular complexity index is 575. The summed E-state index contributed by atoms with van der Waals surface area (Å²) in [6.07, 6.45) is 3.46. The molecule has 3 N–H and O–H groups in total. The molecule has 1 fully saturated rings. The summed E-state index contributed by atoms with van der Waals surface area (Å²) in [6, 6.07) is 1.71. The predicted molar refractivity (Wildman–Crippen MR) is 65.9 cm³/mol. The summed E-state index contributed by atoms with van der Waals surface area (Å²) in [5, 5.41) is 9.58. The van der Waals surface area contributed by atoms with Crippen LogP contribution in [0.15, 0.2) is 10.5 Å². The SMILES string of the molecule is Nc1cc2nc(C3CCC3)oc2c(Cl)c1CO. The van der Waals surface area contributed by atoms with Gasteiger partial charge in [0.1, 0.15) is 5.52 Å². The Balaban J connectivity index is 2.17. The number of aliphatic hydroxyl groups excluding tert-OH is 1. The summed E-state index contributed by atoms with van der Waals surface area (Å²) in [7, 11) is 0. The van der Waals surface area contributed by atoms with E-state index in [1.54, 1.807) is 6.07 Å². The maximum atomic E-state index is 9.21. The van der Waals surface area contributed by atoms with Crippen molar-refractivity contribution in [2.24, 2.45) is 0 Å². The van der Waals surface area contributed by atoms with E-state index < -0.39 is 0 Å². The molecule has 3 rings (SSSR count). The maximum absolute atomic E-state index is 9.21. The number of rotatable bonds is 2. The highest BCUT2D eigenvalue weighted by Crippen LogP contribution is 2.39. The number of nitrogens with two attached hydrogens (primary N) is 1. The Kier molecular flexibility index (Phi) is 2.49. The molecule has 1 heterocycles. The first kappa shape index (κ1) is 10.9.